The average molecular weight is 606 g/mol. The predicted molar refractivity (Wildman–Crippen MR) is 188 cm³/mol. The van der Waals surface area contributed by atoms with Gasteiger partial charge in [-0.2, -0.15) is 5.26 Å². The highest BCUT2D eigenvalue weighted by Crippen LogP contribution is 2.40. The Balaban J connectivity index is 1.39. The van der Waals surface area contributed by atoms with Crippen molar-refractivity contribution in [3.63, 3.8) is 0 Å². The van der Waals surface area contributed by atoms with Crippen molar-refractivity contribution in [1.82, 2.24) is 0 Å². The molecule has 45 heavy (non-hydrogen) atoms. The highest BCUT2D eigenvalue weighted by Gasteiger charge is 2.34. The fourth-order valence-corrected chi connectivity index (χ4v) is 10.1. The van der Waals surface area contributed by atoms with Crippen molar-refractivity contribution in [2.75, 3.05) is 0 Å². The Kier molecular flexibility index (Phi) is 5.47. The minimum Gasteiger partial charge on any atom is -0.454 e. The van der Waals surface area contributed by atoms with Crippen LogP contribution in [0.15, 0.2) is 126 Å². The molecule has 0 spiro atoms. The highest BCUT2D eigenvalue weighted by atomic mass is 28.3. The number of aryl methyl sites for hydroxylation is 4. The van der Waals surface area contributed by atoms with E-state index in [0.717, 1.165) is 27.5 Å². The summed E-state index contributed by atoms with van der Waals surface area (Å²) in [5.74, 6) is 0. The third kappa shape index (κ3) is 4.59. The van der Waals surface area contributed by atoms with Crippen molar-refractivity contribution in [1.29, 1.82) is 5.26 Å². The van der Waals surface area contributed by atoms with E-state index in [-0.39, 0.29) is 11.1 Å². The molecule has 3 nitrogen and oxygen atoms in total. The van der Waals surface area contributed by atoms with Gasteiger partial charge in [0.05, 0.1) is 5.56 Å². The van der Waals surface area contributed by atoms with Gasteiger partial charge >= 0.3 is 0 Å². The molecular weight excluding hydrogens is 565 g/mol. The molecule has 0 fully saturated rings. The lowest BCUT2D eigenvalue weighted by Crippen LogP contribution is -2.64. The van der Waals surface area contributed by atoms with E-state index in [4.69, 9.17) is 12.6 Å². The largest absolute Gasteiger partial charge is 0.454 e. The number of nitrogens with zero attached hydrogens (tertiary/aromatic N) is 2. The molecule has 0 bridgehead atoms. The second-order valence-electron chi connectivity index (χ2n) is 11.7. The first kappa shape index (κ1) is 22.3. The molecule has 2 heterocycles. The number of fused-ring (bicyclic) bond motifs is 3. The van der Waals surface area contributed by atoms with Crippen LogP contribution in [0.5, 0.6) is 0 Å². The van der Waals surface area contributed by atoms with E-state index in [0.29, 0.717) is 28.0 Å². The quantitative estimate of drug-likeness (QED) is 0.115. The zero-order valence-corrected chi connectivity index (χ0v) is 26.3. The number of benzene rings is 5. The first-order chi connectivity index (χ1) is 24.2. The molecule has 7 rings (SSSR count). The third-order valence-corrected chi connectivity index (χ3v) is 13.6. The summed E-state index contributed by atoms with van der Waals surface area (Å²) in [7, 11) is -0.625. The first-order valence-electron chi connectivity index (χ1n) is 17.9. The van der Waals surface area contributed by atoms with Gasteiger partial charge in [-0.15, -0.1) is 0 Å². The van der Waals surface area contributed by atoms with Crippen molar-refractivity contribution in [2.45, 2.75) is 27.2 Å². The molecule has 0 aliphatic heterocycles. The smallest absolute Gasteiger partial charge is 0.216 e. The maximum Gasteiger partial charge on any atom is 0.216 e. The summed E-state index contributed by atoms with van der Waals surface area (Å²) >= 11 is 0. The second-order valence-corrected chi connectivity index (χ2v) is 15.7. The fourth-order valence-electron chi connectivity index (χ4n) is 6.60. The topological polar surface area (TPSA) is 40.8 Å². The zero-order valence-electron chi connectivity index (χ0n) is 31.3. The van der Waals surface area contributed by atoms with E-state index in [1.54, 1.807) is 11.6 Å². The Hall–Kier alpha value is -5.24. The van der Waals surface area contributed by atoms with Crippen molar-refractivity contribution in [3.05, 3.63) is 144 Å². The zero-order chi connectivity index (χ0) is 36.3. The van der Waals surface area contributed by atoms with Gasteiger partial charge in [-0.25, -0.2) is 4.57 Å². The number of rotatable bonds is 5. The van der Waals surface area contributed by atoms with E-state index in [2.05, 4.69) is 85.4 Å². The van der Waals surface area contributed by atoms with Gasteiger partial charge in [0.1, 0.15) is 32.3 Å². The van der Waals surface area contributed by atoms with E-state index in [9.17, 15) is 5.26 Å². The van der Waals surface area contributed by atoms with Crippen molar-refractivity contribution >= 4 is 45.6 Å². The number of hydrogen-bond donors (Lipinski definition) is 0. The lowest BCUT2D eigenvalue weighted by Gasteiger charge is -2.29. The summed E-state index contributed by atoms with van der Waals surface area (Å²) in [6.45, 7) is -0.996. The number of furan rings is 1. The monoisotopic (exact) mass is 605 g/mol. The molecule has 0 amide bonds. The predicted octanol–water partition coefficient (Wildman–Crippen LogP) is 7.64. The van der Waals surface area contributed by atoms with Crippen LogP contribution < -0.4 is 20.1 Å². The molecule has 2 aromatic heterocycles. The van der Waals surface area contributed by atoms with Crippen LogP contribution in [0.25, 0.3) is 44.3 Å². The van der Waals surface area contributed by atoms with E-state index in [1.165, 1.54) is 27.8 Å². The van der Waals surface area contributed by atoms with E-state index >= 15 is 0 Å². The van der Waals surface area contributed by atoms with Gasteiger partial charge in [0, 0.05) is 36.2 Å². The standard InChI is InChI=1S/C41H35N2OSi/c1-27-16-21-36-35-23-22-34(37(25-42)40(35)44-41(36)39(27)38-24-28(2)29(3)26-43(38)4)30-17-19-33(20-18-30)45(5,31-12-8-6-9-13-31)32-14-10-7-11-15-32/h6-24,26H,1-5H3/q+1/i2D3,3D3. The summed E-state index contributed by atoms with van der Waals surface area (Å²) in [4.78, 5) is 0. The number of hydrogen-bond acceptors (Lipinski definition) is 2. The van der Waals surface area contributed by atoms with Crippen LogP contribution in [-0.2, 0) is 7.05 Å². The van der Waals surface area contributed by atoms with Crippen LogP contribution in [0.3, 0.4) is 0 Å². The van der Waals surface area contributed by atoms with Crippen LogP contribution in [0, 0.1) is 32.0 Å². The SMILES string of the molecule is [2H]C([2H])([2H])c1cc(-c2c(C)ccc3c2oc2c(C#N)c(-c4ccc([Si](C)(c5ccccc5)c5ccccc5)cc4)ccc23)[n+](C)cc1C([2H])([2H])[2H]. The summed E-state index contributed by atoms with van der Waals surface area (Å²) in [6, 6.07) is 41.4. The van der Waals surface area contributed by atoms with Crippen molar-refractivity contribution in [3.8, 4) is 28.5 Å². The summed E-state index contributed by atoms with van der Waals surface area (Å²) < 4.78 is 56.6. The molecule has 0 aliphatic carbocycles. The molecule has 0 radical (unpaired) electrons. The minimum absolute atomic E-state index is 0.221. The van der Waals surface area contributed by atoms with Crippen LogP contribution in [0.4, 0.5) is 0 Å². The number of aromatic nitrogens is 1. The minimum atomic E-state index is -2.65. The average Bonchev–Trinajstić information content (AvgIpc) is 3.49. The normalized spacial score (nSPS) is 14.2. The maximum absolute atomic E-state index is 10.6. The van der Waals surface area contributed by atoms with Gasteiger partial charge in [-0.3, -0.25) is 0 Å². The lowest BCUT2D eigenvalue weighted by molar-refractivity contribution is -0.660. The van der Waals surface area contributed by atoms with E-state index in [1.807, 2.05) is 43.3 Å². The molecule has 0 atom stereocenters. The first-order valence-corrected chi connectivity index (χ1v) is 17.4. The molecule has 0 saturated carbocycles. The Labute approximate surface area is 274 Å². The maximum atomic E-state index is 10.6. The van der Waals surface area contributed by atoms with Crippen LogP contribution in [0.1, 0.15) is 30.5 Å². The van der Waals surface area contributed by atoms with Gasteiger partial charge in [-0.05, 0) is 58.9 Å². The van der Waals surface area contributed by atoms with Crippen LogP contribution in [0.2, 0.25) is 6.55 Å². The molecule has 4 heteroatoms. The Morgan fingerprint density at radius 1 is 0.711 bits per heavy atom. The second kappa shape index (κ2) is 11.0. The lowest BCUT2D eigenvalue weighted by atomic mass is 9.96. The van der Waals surface area contributed by atoms with Gasteiger partial charge < -0.3 is 4.42 Å². The summed E-state index contributed by atoms with van der Waals surface area (Å²) in [6.07, 6.45) is 1.37. The molecule has 0 aliphatic rings. The Morgan fingerprint density at radius 3 is 1.93 bits per heavy atom. The third-order valence-electron chi connectivity index (χ3n) is 9.14. The van der Waals surface area contributed by atoms with Crippen molar-refractivity contribution < 1.29 is 17.2 Å². The highest BCUT2D eigenvalue weighted by molar-refractivity contribution is 7.10. The van der Waals surface area contributed by atoms with Gasteiger partial charge in [-0.1, -0.05) is 110 Å². The van der Waals surface area contributed by atoms with Gasteiger partial charge in [0.2, 0.25) is 5.69 Å². The molecule has 0 saturated heterocycles. The molecular formula is C41H35N2OSi+. The molecule has 218 valence electrons. The molecule has 7 aromatic rings. The number of pyridine rings is 1. The van der Waals surface area contributed by atoms with Gasteiger partial charge in [0.15, 0.2) is 11.8 Å². The van der Waals surface area contributed by atoms with Crippen molar-refractivity contribution in [2.24, 2.45) is 7.05 Å². The Bertz CT molecular complexity index is 2440. The Morgan fingerprint density at radius 2 is 1.31 bits per heavy atom. The summed E-state index contributed by atoms with van der Waals surface area (Å²) in [5, 5.41) is 16.0. The molecule has 0 N–H and O–H groups in total. The van der Waals surface area contributed by atoms with Gasteiger partial charge in [0.25, 0.3) is 0 Å². The number of nitriles is 1. The molecule has 5 aromatic carbocycles. The summed E-state index contributed by atoms with van der Waals surface area (Å²) in [5.41, 5.74) is 4.46. The van der Waals surface area contributed by atoms with Crippen LogP contribution in [-0.4, -0.2) is 8.07 Å². The van der Waals surface area contributed by atoms with E-state index < -0.39 is 21.8 Å². The molecule has 0 unspecified atom stereocenters. The fraction of sp³-hybridized carbons (Fsp3) is 0.122. The van der Waals surface area contributed by atoms with Crippen LogP contribution >= 0.6 is 0 Å².